The van der Waals surface area contributed by atoms with Crippen LogP contribution in [-0.2, 0) is 6.42 Å². The first-order valence-corrected chi connectivity index (χ1v) is 9.04. The highest BCUT2D eigenvalue weighted by molar-refractivity contribution is 5.85. The summed E-state index contributed by atoms with van der Waals surface area (Å²) in [6.07, 6.45) is 9.30. The van der Waals surface area contributed by atoms with E-state index in [-0.39, 0.29) is 0 Å². The number of rotatable bonds is 8. The number of H-pyrrole nitrogens is 1. The van der Waals surface area contributed by atoms with Crippen LogP contribution < -0.4 is 0 Å². The van der Waals surface area contributed by atoms with E-state index in [1.165, 1.54) is 72.7 Å². The summed E-state index contributed by atoms with van der Waals surface area (Å²) in [5.74, 6) is 0. The normalized spacial score (nSPS) is 11.2. The number of hydrogen-bond acceptors (Lipinski definition) is 0. The topological polar surface area (TPSA) is 15.8 Å². The van der Waals surface area contributed by atoms with Crippen molar-refractivity contribution in [3.63, 3.8) is 0 Å². The molecule has 0 unspecified atom stereocenters. The number of aromatic amines is 1. The van der Waals surface area contributed by atoms with E-state index in [1.807, 2.05) is 0 Å². The Hall–Kier alpha value is -2.02. The van der Waals surface area contributed by atoms with Crippen molar-refractivity contribution < 1.29 is 0 Å². The monoisotopic (exact) mass is 305 g/mol. The average molecular weight is 305 g/mol. The van der Waals surface area contributed by atoms with Crippen molar-refractivity contribution in [1.29, 1.82) is 0 Å². The number of aromatic nitrogens is 1. The minimum atomic E-state index is 1.17. The van der Waals surface area contributed by atoms with Gasteiger partial charge < -0.3 is 4.98 Å². The van der Waals surface area contributed by atoms with Crippen molar-refractivity contribution in [3.8, 4) is 11.1 Å². The smallest absolute Gasteiger partial charge is 0.0456 e. The van der Waals surface area contributed by atoms with Crippen LogP contribution in [0.1, 0.15) is 51.1 Å². The molecule has 1 heteroatoms. The minimum Gasteiger partial charge on any atom is -0.358 e. The molecule has 120 valence electrons. The number of fused-ring (bicyclic) bond motifs is 1. The van der Waals surface area contributed by atoms with Gasteiger partial charge in [0, 0.05) is 16.6 Å². The molecule has 0 spiro atoms. The van der Waals surface area contributed by atoms with Crippen molar-refractivity contribution in [2.75, 3.05) is 0 Å². The van der Waals surface area contributed by atoms with Crippen LogP contribution in [0.4, 0.5) is 0 Å². The van der Waals surface area contributed by atoms with Crippen molar-refractivity contribution in [3.05, 3.63) is 60.3 Å². The second-order valence-corrected chi connectivity index (χ2v) is 6.48. The molecule has 3 aromatic rings. The van der Waals surface area contributed by atoms with E-state index in [0.717, 1.165) is 0 Å². The summed E-state index contributed by atoms with van der Waals surface area (Å²) in [5, 5.41) is 1.33. The first kappa shape index (κ1) is 15.9. The van der Waals surface area contributed by atoms with Crippen LogP contribution in [0, 0.1) is 0 Å². The molecule has 1 N–H and O–H groups in total. The number of hydrogen-bond donors (Lipinski definition) is 1. The van der Waals surface area contributed by atoms with Crippen molar-refractivity contribution in [1.82, 2.24) is 4.98 Å². The van der Waals surface area contributed by atoms with E-state index in [1.54, 1.807) is 0 Å². The van der Waals surface area contributed by atoms with Crippen molar-refractivity contribution in [2.24, 2.45) is 0 Å². The zero-order valence-corrected chi connectivity index (χ0v) is 14.1. The molecule has 0 saturated carbocycles. The van der Waals surface area contributed by atoms with Gasteiger partial charge in [0.2, 0.25) is 0 Å². The third-order valence-electron chi connectivity index (χ3n) is 4.58. The summed E-state index contributed by atoms with van der Waals surface area (Å²) in [5.41, 5.74) is 5.21. The average Bonchev–Trinajstić information content (AvgIpc) is 3.00. The van der Waals surface area contributed by atoms with Gasteiger partial charge in [0.05, 0.1) is 0 Å². The van der Waals surface area contributed by atoms with E-state index < -0.39 is 0 Å². The summed E-state index contributed by atoms with van der Waals surface area (Å²) >= 11 is 0. The first-order valence-electron chi connectivity index (χ1n) is 9.04. The van der Waals surface area contributed by atoms with Crippen LogP contribution in [0.25, 0.3) is 22.0 Å². The lowest BCUT2D eigenvalue weighted by atomic mass is 10.0. The molecule has 23 heavy (non-hydrogen) atoms. The zero-order valence-electron chi connectivity index (χ0n) is 14.1. The standard InChI is InChI=1S/C22H27N/c1-2-3-4-5-6-10-13-21-17-20-16-19(14-15-22(20)23-21)18-11-8-7-9-12-18/h7-9,11-12,14-17,23H,2-6,10,13H2,1H3. The van der Waals surface area contributed by atoms with Gasteiger partial charge in [0.25, 0.3) is 0 Å². The van der Waals surface area contributed by atoms with Crippen LogP contribution in [0.5, 0.6) is 0 Å². The molecule has 0 radical (unpaired) electrons. The summed E-state index contributed by atoms with van der Waals surface area (Å²) in [4.78, 5) is 3.58. The molecule has 2 aromatic carbocycles. The Balaban J connectivity index is 1.63. The molecule has 0 aliphatic heterocycles. The number of nitrogens with one attached hydrogen (secondary N) is 1. The quantitative estimate of drug-likeness (QED) is 0.444. The molecule has 0 fully saturated rings. The van der Waals surface area contributed by atoms with Crippen molar-refractivity contribution in [2.45, 2.75) is 51.9 Å². The van der Waals surface area contributed by atoms with E-state index in [0.29, 0.717) is 0 Å². The summed E-state index contributed by atoms with van der Waals surface area (Å²) in [7, 11) is 0. The molecule has 0 amide bonds. The minimum absolute atomic E-state index is 1.17. The number of aryl methyl sites for hydroxylation is 1. The molecule has 0 bridgehead atoms. The maximum absolute atomic E-state index is 3.58. The van der Waals surface area contributed by atoms with Crippen LogP contribution in [0.3, 0.4) is 0 Å². The molecule has 3 rings (SSSR count). The summed E-state index contributed by atoms with van der Waals surface area (Å²) < 4.78 is 0. The fraction of sp³-hybridized carbons (Fsp3) is 0.364. The molecule has 0 aliphatic carbocycles. The van der Waals surface area contributed by atoms with E-state index in [4.69, 9.17) is 0 Å². The molecular weight excluding hydrogens is 278 g/mol. The van der Waals surface area contributed by atoms with Gasteiger partial charge in [-0.3, -0.25) is 0 Å². The Morgan fingerprint density at radius 1 is 0.739 bits per heavy atom. The highest BCUT2D eigenvalue weighted by Crippen LogP contribution is 2.25. The predicted octanol–water partition coefficient (Wildman–Crippen LogP) is 6.74. The maximum Gasteiger partial charge on any atom is 0.0456 e. The fourth-order valence-corrected chi connectivity index (χ4v) is 3.23. The maximum atomic E-state index is 3.58. The van der Waals surface area contributed by atoms with E-state index in [9.17, 15) is 0 Å². The van der Waals surface area contributed by atoms with Gasteiger partial charge in [-0.05, 0) is 42.2 Å². The van der Waals surface area contributed by atoms with Crippen molar-refractivity contribution >= 4 is 10.9 Å². The van der Waals surface area contributed by atoms with E-state index >= 15 is 0 Å². The molecule has 1 aromatic heterocycles. The fourth-order valence-electron chi connectivity index (χ4n) is 3.23. The number of unbranched alkanes of at least 4 members (excludes halogenated alkanes) is 5. The molecule has 0 aliphatic rings. The molecule has 0 saturated heterocycles. The van der Waals surface area contributed by atoms with Gasteiger partial charge in [-0.25, -0.2) is 0 Å². The molecule has 1 heterocycles. The SMILES string of the molecule is CCCCCCCCc1cc2cc(-c3ccccc3)ccc2[nH]1. The van der Waals surface area contributed by atoms with Crippen LogP contribution >= 0.6 is 0 Å². The molecular formula is C22H27N. The lowest BCUT2D eigenvalue weighted by Gasteiger charge is -2.01. The Morgan fingerprint density at radius 3 is 2.35 bits per heavy atom. The van der Waals surface area contributed by atoms with Crippen LogP contribution in [0.2, 0.25) is 0 Å². The highest BCUT2D eigenvalue weighted by atomic mass is 14.7. The second-order valence-electron chi connectivity index (χ2n) is 6.48. The molecule has 0 atom stereocenters. The summed E-state index contributed by atoms with van der Waals surface area (Å²) in [6, 6.07) is 19.7. The van der Waals surface area contributed by atoms with Gasteiger partial charge in [-0.1, -0.05) is 75.4 Å². The Morgan fingerprint density at radius 2 is 1.52 bits per heavy atom. The Labute approximate surface area is 139 Å². The second kappa shape index (κ2) is 8.01. The zero-order chi connectivity index (χ0) is 15.9. The third-order valence-corrected chi connectivity index (χ3v) is 4.58. The van der Waals surface area contributed by atoms with Gasteiger partial charge >= 0.3 is 0 Å². The lowest BCUT2D eigenvalue weighted by molar-refractivity contribution is 0.605. The van der Waals surface area contributed by atoms with Crippen LogP contribution in [-0.4, -0.2) is 4.98 Å². The predicted molar refractivity (Wildman–Crippen MR) is 101 cm³/mol. The lowest BCUT2D eigenvalue weighted by Crippen LogP contribution is -1.85. The Kier molecular flexibility index (Phi) is 5.52. The molecule has 1 nitrogen and oxygen atoms in total. The highest BCUT2D eigenvalue weighted by Gasteiger charge is 2.03. The van der Waals surface area contributed by atoms with Gasteiger partial charge in [-0.2, -0.15) is 0 Å². The van der Waals surface area contributed by atoms with Crippen LogP contribution in [0.15, 0.2) is 54.6 Å². The Bertz CT molecular complexity index is 724. The van der Waals surface area contributed by atoms with Gasteiger partial charge in [0.1, 0.15) is 0 Å². The first-order chi connectivity index (χ1) is 11.4. The summed E-state index contributed by atoms with van der Waals surface area (Å²) in [6.45, 7) is 2.27. The van der Waals surface area contributed by atoms with E-state index in [2.05, 4.69) is 66.5 Å². The van der Waals surface area contributed by atoms with Gasteiger partial charge in [-0.15, -0.1) is 0 Å². The number of benzene rings is 2. The third kappa shape index (κ3) is 4.25. The largest absolute Gasteiger partial charge is 0.358 e. The van der Waals surface area contributed by atoms with Gasteiger partial charge in [0.15, 0.2) is 0 Å².